The van der Waals surface area contributed by atoms with Crippen molar-refractivity contribution in [3.8, 4) is 0 Å². The van der Waals surface area contributed by atoms with Gasteiger partial charge in [-0.05, 0) is 113 Å². The first-order valence-electron chi connectivity index (χ1n) is 34.4. The van der Waals surface area contributed by atoms with Crippen LogP contribution in [0.3, 0.4) is 0 Å². The minimum absolute atomic E-state index is 0.0173. The number of amides is 11. The quantitative estimate of drug-likeness (QED) is 0.0115. The average Bonchev–Trinajstić information content (AvgIpc) is 1.60. The van der Waals surface area contributed by atoms with E-state index in [0.29, 0.717) is 60.6 Å². The SMILES string of the molecule is CC[C@H](C)[C@H](NC(=O)[C@@H](NC(=O)[C@H](CCC(=O)O)NC(=O)[C@H](CCCNC(=N)N)NC(=O)[C@H](Cc1c[nH]c2ccccc12)NC(=O)[C@H](CO)NC(=O)[C@@H]1CCCN1C(=O)[C@H](CCCCN)NC(=O)[C@H](CS)NC(=O)CN)C(C)C)C(=O)N[C@@H](CCCCN)C(=O)N[C@@H](Cc1ccccc1)C(=O)O. The molecule has 0 bridgehead atoms. The zero-order chi connectivity index (χ0) is 75.6. The van der Waals surface area contributed by atoms with Crippen molar-refractivity contribution in [2.75, 3.05) is 45.1 Å². The second kappa shape index (κ2) is 44.0. The highest BCUT2D eigenvalue weighted by molar-refractivity contribution is 7.80. The molecular weight excluding hydrogens is 1340 g/mol. The normalized spacial score (nSPS) is 15.9. The molecule has 0 radical (unpaired) electrons. The summed E-state index contributed by atoms with van der Waals surface area (Å²) in [6, 6.07) is -0.157. The van der Waals surface area contributed by atoms with Gasteiger partial charge in [0.15, 0.2) is 5.96 Å². The number of hydrogen-bond acceptors (Lipinski definition) is 19. The van der Waals surface area contributed by atoms with E-state index in [9.17, 15) is 77.6 Å². The van der Waals surface area contributed by atoms with E-state index >= 15 is 0 Å². The summed E-state index contributed by atoms with van der Waals surface area (Å²) in [5, 5.41) is 67.4. The number of guanidine groups is 1. The molecule has 24 N–H and O–H groups in total. The molecule has 1 aliphatic rings. The Morgan fingerprint density at radius 2 is 1.12 bits per heavy atom. The number of fused-ring (bicyclic) bond motifs is 1. The summed E-state index contributed by atoms with van der Waals surface area (Å²) in [7, 11) is 0. The highest BCUT2D eigenvalue weighted by atomic mass is 32.1. The van der Waals surface area contributed by atoms with Gasteiger partial charge in [0, 0.05) is 55.2 Å². The lowest BCUT2D eigenvalue weighted by Gasteiger charge is -2.31. The van der Waals surface area contributed by atoms with E-state index in [0.717, 1.165) is 0 Å². The third-order valence-electron chi connectivity index (χ3n) is 17.4. The van der Waals surface area contributed by atoms with Gasteiger partial charge in [-0.3, -0.25) is 62.9 Å². The van der Waals surface area contributed by atoms with E-state index < -0.39 is 187 Å². The lowest BCUT2D eigenvalue weighted by atomic mass is 9.95. The number of carboxylic acids is 2. The molecule has 34 nitrogen and oxygen atoms in total. The fourth-order valence-electron chi connectivity index (χ4n) is 11.4. The number of nitrogens with one attached hydrogen (secondary N) is 13. The van der Waals surface area contributed by atoms with Crippen LogP contribution in [0, 0.1) is 17.2 Å². The van der Waals surface area contributed by atoms with Crippen molar-refractivity contribution in [3.05, 3.63) is 71.9 Å². The van der Waals surface area contributed by atoms with Gasteiger partial charge in [0.05, 0.1) is 13.2 Å². The number of unbranched alkanes of at least 4 members (excludes halogenated alkanes) is 2. The Kier molecular flexibility index (Phi) is 36.7. The van der Waals surface area contributed by atoms with Crippen LogP contribution in [0.1, 0.15) is 122 Å². The van der Waals surface area contributed by atoms with Crippen LogP contribution >= 0.6 is 12.6 Å². The molecule has 2 aromatic carbocycles. The first kappa shape index (κ1) is 85.0. The van der Waals surface area contributed by atoms with Crippen LogP contribution in [0.2, 0.25) is 0 Å². The summed E-state index contributed by atoms with van der Waals surface area (Å²) in [4.78, 5) is 184. The molecule has 0 unspecified atom stereocenters. The Hall–Kier alpha value is -9.45. The van der Waals surface area contributed by atoms with Crippen molar-refractivity contribution in [2.24, 2.45) is 34.8 Å². The van der Waals surface area contributed by atoms with Gasteiger partial charge in [0.1, 0.15) is 66.5 Å². The number of H-pyrrole nitrogens is 1. The Bertz CT molecular complexity index is 3330. The van der Waals surface area contributed by atoms with Crippen molar-refractivity contribution < 1.29 is 77.6 Å². The second-order valence-electron chi connectivity index (χ2n) is 25.5. The molecule has 564 valence electrons. The van der Waals surface area contributed by atoms with E-state index in [2.05, 4.69) is 76.1 Å². The highest BCUT2D eigenvalue weighted by Gasteiger charge is 2.41. The smallest absolute Gasteiger partial charge is 0.326 e. The molecule has 4 rings (SSSR count). The molecular formula is C67H104N18O16S. The molecule has 2 heterocycles. The van der Waals surface area contributed by atoms with Gasteiger partial charge in [-0.15, -0.1) is 0 Å². The van der Waals surface area contributed by atoms with E-state index in [1.165, 1.54) is 4.90 Å². The molecule has 1 aliphatic heterocycles. The van der Waals surface area contributed by atoms with Crippen molar-refractivity contribution in [3.63, 3.8) is 0 Å². The molecule has 102 heavy (non-hydrogen) atoms. The van der Waals surface area contributed by atoms with Crippen LogP contribution in [-0.4, -0.2) is 220 Å². The highest BCUT2D eigenvalue weighted by Crippen LogP contribution is 2.23. The first-order chi connectivity index (χ1) is 48.6. The zero-order valence-corrected chi connectivity index (χ0v) is 59.1. The van der Waals surface area contributed by atoms with E-state index in [4.69, 9.17) is 28.3 Å². The van der Waals surface area contributed by atoms with Gasteiger partial charge in [-0.1, -0.05) is 82.6 Å². The number of aromatic amines is 1. The number of aliphatic carboxylic acids is 2. The predicted molar refractivity (Wildman–Crippen MR) is 380 cm³/mol. The summed E-state index contributed by atoms with van der Waals surface area (Å²) >= 11 is 4.17. The number of benzene rings is 2. The Labute approximate surface area is 597 Å². The number of carboxylic acid groups (broad SMARTS) is 2. The molecule has 1 fully saturated rings. The first-order valence-corrected chi connectivity index (χ1v) is 35.0. The van der Waals surface area contributed by atoms with Gasteiger partial charge >= 0.3 is 11.9 Å². The van der Waals surface area contributed by atoms with Gasteiger partial charge in [-0.2, -0.15) is 12.6 Å². The number of nitrogens with two attached hydrogens (primary N) is 4. The monoisotopic (exact) mass is 1450 g/mol. The number of likely N-dealkylation sites (tertiary alicyclic amines) is 1. The number of hydrogen-bond donors (Lipinski definition) is 21. The van der Waals surface area contributed by atoms with E-state index in [1.807, 2.05) is 0 Å². The van der Waals surface area contributed by atoms with Crippen LogP contribution < -0.4 is 81.4 Å². The lowest BCUT2D eigenvalue weighted by molar-refractivity contribution is -0.143. The third-order valence-corrected chi connectivity index (χ3v) is 17.7. The lowest BCUT2D eigenvalue weighted by Crippen LogP contribution is -2.62. The van der Waals surface area contributed by atoms with Crippen molar-refractivity contribution in [1.82, 2.24) is 68.4 Å². The van der Waals surface area contributed by atoms with Crippen molar-refractivity contribution in [2.45, 2.75) is 190 Å². The number of aliphatic hydroxyl groups is 1. The largest absolute Gasteiger partial charge is 0.481 e. The molecule has 3 aromatic rings. The van der Waals surface area contributed by atoms with Crippen molar-refractivity contribution in [1.29, 1.82) is 5.41 Å². The predicted octanol–water partition coefficient (Wildman–Crippen LogP) is -3.15. The number of aromatic nitrogens is 1. The van der Waals surface area contributed by atoms with Crippen LogP contribution in [-0.2, 0) is 75.2 Å². The minimum Gasteiger partial charge on any atom is -0.481 e. The molecule has 0 aliphatic carbocycles. The number of carbonyl (C=O) groups is 13. The van der Waals surface area contributed by atoms with Crippen molar-refractivity contribution >= 4 is 106 Å². The summed E-state index contributed by atoms with van der Waals surface area (Å²) in [6.45, 7) is 5.67. The number of para-hydroxylation sites is 1. The maximum Gasteiger partial charge on any atom is 0.326 e. The molecule has 0 spiro atoms. The third kappa shape index (κ3) is 27.5. The van der Waals surface area contributed by atoms with E-state index in [1.54, 1.807) is 88.5 Å². The Balaban J connectivity index is 1.62. The van der Waals surface area contributed by atoms with Gasteiger partial charge < -0.3 is 107 Å². The topological polar surface area (TPSA) is 562 Å². The van der Waals surface area contributed by atoms with Crippen LogP contribution in [0.5, 0.6) is 0 Å². The van der Waals surface area contributed by atoms with Gasteiger partial charge in [0.25, 0.3) is 0 Å². The van der Waals surface area contributed by atoms with Gasteiger partial charge in [0.2, 0.25) is 65.0 Å². The Morgan fingerprint density at radius 1 is 0.598 bits per heavy atom. The zero-order valence-electron chi connectivity index (χ0n) is 58.2. The van der Waals surface area contributed by atoms with Gasteiger partial charge in [-0.25, -0.2) is 4.79 Å². The summed E-state index contributed by atoms with van der Waals surface area (Å²) in [5.74, 6) is -14.2. The van der Waals surface area contributed by atoms with Crippen LogP contribution in [0.25, 0.3) is 10.9 Å². The number of thiol groups is 1. The molecule has 11 amide bonds. The fraction of sp³-hybridized carbons (Fsp3) is 0.582. The summed E-state index contributed by atoms with van der Waals surface area (Å²) in [6.07, 6.45) is 2.31. The van der Waals surface area contributed by atoms with Crippen LogP contribution in [0.15, 0.2) is 60.8 Å². The van der Waals surface area contributed by atoms with Crippen LogP contribution in [0.4, 0.5) is 0 Å². The summed E-state index contributed by atoms with van der Waals surface area (Å²) in [5.41, 5.74) is 24.2. The Morgan fingerprint density at radius 3 is 1.70 bits per heavy atom. The number of carbonyl (C=O) groups excluding carboxylic acids is 11. The molecule has 1 saturated heterocycles. The second-order valence-corrected chi connectivity index (χ2v) is 25.9. The molecule has 0 saturated carbocycles. The molecule has 1 aromatic heterocycles. The number of rotatable bonds is 46. The number of nitrogens with zero attached hydrogens (tertiary/aromatic N) is 1. The maximum absolute atomic E-state index is 14.9. The standard InChI is InChI=1S/C67H104N18O16S/c1-5-38(4)55(64(98)78-43(21-11-13-27-68)57(91)81-48(66(100)101)31-39-17-7-6-8-18-39)84-63(97)54(37(2)3)83-58(92)45(25-26-53(88)89)77-56(90)44(23-15-29-73-67(71)72)76-59(93)47(32-40-34-74-42-20-10-9-19-41(40)42)80-60(94)49(35-86)82-62(96)51-24-16-30-85(51)65(99)46(22-12-14-28-69)79-61(95)50(36-102)75-52(87)33-70/h6-10,17-20,34,37-38,43-51,54-55,74,86,102H,5,11-16,21-33,35-36,68-70H2,1-4H3,(H,75,87)(H,76,93)(H,77,90)(H,78,98)(H,79,95)(H,80,94)(H,81,91)(H,82,96)(H,83,92)(H,84,97)(H,88,89)(H,100,101)(H4,71,72,73)/t38-,43-,44-,45-,46-,47-,48-,49-,50-,51-,54-,55-/m0/s1. The minimum atomic E-state index is -1.76. The molecule has 12 atom stereocenters. The average molecular weight is 1450 g/mol. The van der Waals surface area contributed by atoms with E-state index in [-0.39, 0.29) is 76.9 Å². The number of aliphatic hydroxyl groups excluding tert-OH is 1. The maximum atomic E-state index is 14.9. The fourth-order valence-corrected chi connectivity index (χ4v) is 11.7. The molecule has 35 heteroatoms. The summed E-state index contributed by atoms with van der Waals surface area (Å²) < 4.78 is 0.